The lowest BCUT2D eigenvalue weighted by atomic mass is 9.96. The molecule has 204 valence electrons. The number of hydrogen-bond acceptors (Lipinski definition) is 6. The minimum atomic E-state index is 0.396. The Hall–Kier alpha value is -4.97. The molecule has 6 nitrogen and oxygen atoms in total. The van der Waals surface area contributed by atoms with Crippen LogP contribution in [0.1, 0.15) is 22.3 Å². The molecular formula is C34H33NO5. The summed E-state index contributed by atoms with van der Waals surface area (Å²) in [7, 11) is 4.94. The number of nitrogens with zero attached hydrogens (tertiary/aromatic N) is 1. The van der Waals surface area contributed by atoms with E-state index in [-0.39, 0.29) is 0 Å². The van der Waals surface area contributed by atoms with Crippen LogP contribution in [0.15, 0.2) is 114 Å². The highest BCUT2D eigenvalue weighted by Gasteiger charge is 2.08. The third-order valence-electron chi connectivity index (χ3n) is 6.34. The van der Waals surface area contributed by atoms with Crippen LogP contribution in [0.25, 0.3) is 11.6 Å². The van der Waals surface area contributed by atoms with Crippen molar-refractivity contribution in [1.29, 1.82) is 0 Å². The van der Waals surface area contributed by atoms with Crippen molar-refractivity contribution in [2.45, 2.75) is 13.0 Å². The third kappa shape index (κ3) is 7.77. The maximum atomic E-state index is 9.82. The zero-order valence-electron chi connectivity index (χ0n) is 22.9. The van der Waals surface area contributed by atoms with Gasteiger partial charge in [-0.05, 0) is 83.3 Å². The Kier molecular flexibility index (Phi) is 10.00. The lowest BCUT2D eigenvalue weighted by Gasteiger charge is -2.12. The van der Waals surface area contributed by atoms with Crippen LogP contribution in [0.4, 0.5) is 0 Å². The first kappa shape index (κ1) is 28.0. The van der Waals surface area contributed by atoms with Crippen LogP contribution in [0.5, 0.6) is 23.0 Å². The topological polar surface area (TPSA) is 69.5 Å². The Morgan fingerprint density at radius 1 is 0.750 bits per heavy atom. The first-order valence-corrected chi connectivity index (χ1v) is 12.8. The summed E-state index contributed by atoms with van der Waals surface area (Å²) in [6, 6.07) is 31.3. The van der Waals surface area contributed by atoms with E-state index >= 15 is 0 Å². The molecule has 0 saturated heterocycles. The lowest BCUT2D eigenvalue weighted by molar-refractivity contribution is 0.296. The average molecular weight is 536 g/mol. The van der Waals surface area contributed by atoms with Gasteiger partial charge in [0.05, 0.1) is 21.3 Å². The fourth-order valence-corrected chi connectivity index (χ4v) is 4.17. The SMILES string of the molecule is COc1ccc(/C=C/C(/C=C(/Cc2cccc(OC)c2)c2ccc(OCc3ccccc3OC)cc2)=N\O)cc1. The molecule has 40 heavy (non-hydrogen) atoms. The van der Waals surface area contributed by atoms with Crippen LogP contribution in [-0.4, -0.2) is 32.2 Å². The van der Waals surface area contributed by atoms with Crippen molar-refractivity contribution in [3.63, 3.8) is 0 Å². The highest BCUT2D eigenvalue weighted by Crippen LogP contribution is 2.26. The Balaban J connectivity index is 1.58. The van der Waals surface area contributed by atoms with Crippen LogP contribution >= 0.6 is 0 Å². The standard InChI is InChI=1S/C34H33NO5/c1-37-31-17-12-25(13-18-31)11-16-30(35-36)23-29(21-26-7-6-9-33(22-26)38-2)27-14-19-32(20-15-27)40-24-28-8-4-5-10-34(28)39-3/h4-20,22-23,36H,21,24H2,1-3H3/b16-11+,29-23-,35-30+. The van der Waals surface area contributed by atoms with Crippen molar-refractivity contribution in [2.75, 3.05) is 21.3 Å². The van der Waals surface area contributed by atoms with Gasteiger partial charge in [-0.15, -0.1) is 0 Å². The van der Waals surface area contributed by atoms with Gasteiger partial charge < -0.3 is 24.2 Å². The Morgan fingerprint density at radius 2 is 1.48 bits per heavy atom. The summed E-state index contributed by atoms with van der Waals surface area (Å²) in [6.07, 6.45) is 6.15. The van der Waals surface area contributed by atoms with E-state index in [1.807, 2.05) is 109 Å². The maximum absolute atomic E-state index is 9.82. The van der Waals surface area contributed by atoms with E-state index in [1.54, 1.807) is 27.4 Å². The van der Waals surface area contributed by atoms with E-state index in [1.165, 1.54) is 0 Å². The van der Waals surface area contributed by atoms with Crippen LogP contribution in [0.2, 0.25) is 0 Å². The Bertz CT molecular complexity index is 1470. The second kappa shape index (κ2) is 14.3. The van der Waals surface area contributed by atoms with Crippen LogP contribution in [0, 0.1) is 0 Å². The summed E-state index contributed by atoms with van der Waals surface area (Å²) in [5.41, 5.74) is 5.37. The average Bonchev–Trinajstić information content (AvgIpc) is 3.02. The lowest BCUT2D eigenvalue weighted by Crippen LogP contribution is -1.99. The first-order chi connectivity index (χ1) is 19.6. The number of para-hydroxylation sites is 1. The number of methoxy groups -OCH3 is 3. The Morgan fingerprint density at radius 3 is 2.17 bits per heavy atom. The third-order valence-corrected chi connectivity index (χ3v) is 6.34. The molecule has 0 spiro atoms. The van der Waals surface area contributed by atoms with Gasteiger partial charge in [-0.1, -0.05) is 65.8 Å². The molecule has 0 unspecified atom stereocenters. The van der Waals surface area contributed by atoms with Crippen LogP contribution < -0.4 is 18.9 Å². The molecule has 0 saturated carbocycles. The molecule has 0 aliphatic rings. The van der Waals surface area contributed by atoms with Gasteiger partial charge in [0.1, 0.15) is 35.3 Å². The largest absolute Gasteiger partial charge is 0.497 e. The summed E-state index contributed by atoms with van der Waals surface area (Å²) in [5.74, 6) is 3.10. The quantitative estimate of drug-likeness (QED) is 0.116. The summed E-state index contributed by atoms with van der Waals surface area (Å²) < 4.78 is 22.1. The number of ether oxygens (including phenoxy) is 4. The summed E-state index contributed by atoms with van der Waals surface area (Å²) in [6.45, 7) is 0.396. The van der Waals surface area contributed by atoms with E-state index in [4.69, 9.17) is 18.9 Å². The Labute approximate surface area is 235 Å². The summed E-state index contributed by atoms with van der Waals surface area (Å²) in [5, 5.41) is 13.4. The molecule has 0 atom stereocenters. The van der Waals surface area contributed by atoms with E-state index < -0.39 is 0 Å². The minimum absolute atomic E-state index is 0.396. The molecule has 0 amide bonds. The van der Waals surface area contributed by atoms with Gasteiger partial charge in [0.2, 0.25) is 0 Å². The van der Waals surface area contributed by atoms with Crippen molar-refractivity contribution in [3.05, 3.63) is 131 Å². The molecule has 4 aromatic carbocycles. The number of oxime groups is 1. The first-order valence-electron chi connectivity index (χ1n) is 12.8. The zero-order valence-corrected chi connectivity index (χ0v) is 22.9. The molecule has 0 aliphatic heterocycles. The molecule has 0 fully saturated rings. The summed E-state index contributed by atoms with van der Waals surface area (Å²) >= 11 is 0. The molecule has 4 rings (SSSR count). The minimum Gasteiger partial charge on any atom is -0.497 e. The van der Waals surface area contributed by atoms with Crippen molar-refractivity contribution >= 4 is 17.4 Å². The van der Waals surface area contributed by atoms with Gasteiger partial charge in [0, 0.05) is 5.56 Å². The normalized spacial score (nSPS) is 11.9. The molecule has 4 aromatic rings. The van der Waals surface area contributed by atoms with Crippen molar-refractivity contribution in [1.82, 2.24) is 0 Å². The van der Waals surface area contributed by atoms with Gasteiger partial charge in [0.15, 0.2) is 0 Å². The van der Waals surface area contributed by atoms with Crippen molar-refractivity contribution < 1.29 is 24.2 Å². The summed E-state index contributed by atoms with van der Waals surface area (Å²) in [4.78, 5) is 0. The molecular weight excluding hydrogens is 502 g/mol. The molecule has 0 bridgehead atoms. The van der Waals surface area contributed by atoms with E-state index in [0.717, 1.165) is 50.8 Å². The van der Waals surface area contributed by atoms with E-state index in [0.29, 0.717) is 18.7 Å². The van der Waals surface area contributed by atoms with E-state index in [9.17, 15) is 5.21 Å². The van der Waals surface area contributed by atoms with Crippen molar-refractivity contribution in [2.24, 2.45) is 5.16 Å². The molecule has 6 heteroatoms. The van der Waals surface area contributed by atoms with Gasteiger partial charge in [0.25, 0.3) is 0 Å². The predicted octanol–water partition coefficient (Wildman–Crippen LogP) is 7.46. The van der Waals surface area contributed by atoms with Crippen molar-refractivity contribution in [3.8, 4) is 23.0 Å². The molecule has 0 aromatic heterocycles. The van der Waals surface area contributed by atoms with Gasteiger partial charge in [-0.25, -0.2) is 0 Å². The smallest absolute Gasteiger partial charge is 0.125 e. The fraction of sp³-hybridized carbons (Fsp3) is 0.147. The highest BCUT2D eigenvalue weighted by atomic mass is 16.5. The monoisotopic (exact) mass is 535 g/mol. The maximum Gasteiger partial charge on any atom is 0.125 e. The molecule has 0 heterocycles. The molecule has 0 radical (unpaired) electrons. The highest BCUT2D eigenvalue weighted by molar-refractivity contribution is 6.10. The van der Waals surface area contributed by atoms with Gasteiger partial charge in [-0.2, -0.15) is 0 Å². The fourth-order valence-electron chi connectivity index (χ4n) is 4.17. The molecule has 1 N–H and O–H groups in total. The second-order valence-corrected chi connectivity index (χ2v) is 8.95. The van der Waals surface area contributed by atoms with Gasteiger partial charge in [-0.3, -0.25) is 0 Å². The van der Waals surface area contributed by atoms with E-state index in [2.05, 4.69) is 5.16 Å². The van der Waals surface area contributed by atoms with Crippen LogP contribution in [0.3, 0.4) is 0 Å². The number of hydrogen-bond donors (Lipinski definition) is 1. The van der Waals surface area contributed by atoms with Gasteiger partial charge >= 0.3 is 0 Å². The predicted molar refractivity (Wildman–Crippen MR) is 160 cm³/mol. The molecule has 0 aliphatic carbocycles. The van der Waals surface area contributed by atoms with Crippen LogP contribution in [-0.2, 0) is 13.0 Å². The number of allylic oxidation sites excluding steroid dienone is 3. The second-order valence-electron chi connectivity index (χ2n) is 8.95. The number of rotatable bonds is 12. The zero-order chi connectivity index (χ0) is 28.2. The number of benzene rings is 4.